The Kier molecular flexibility index (Phi) is 9.79. The number of amides is 1. The fourth-order valence-electron chi connectivity index (χ4n) is 1.78. The smallest absolute Gasteiger partial charge is 0.225 e. The van der Waals surface area contributed by atoms with E-state index < -0.39 is 0 Å². The number of nitrogens with zero attached hydrogens (tertiary/aromatic N) is 1. The zero-order chi connectivity index (χ0) is 15.5. The number of rotatable bonds is 8. The second kappa shape index (κ2) is 10.5. The molecule has 0 aromatic heterocycles. The lowest BCUT2D eigenvalue weighted by Crippen LogP contribution is -2.20. The molecule has 0 aromatic rings. The first-order chi connectivity index (χ1) is 9.32. The normalized spacial score (nSPS) is 12.3. The first kappa shape index (κ1) is 18.7. The van der Waals surface area contributed by atoms with Crippen molar-refractivity contribution in [2.45, 2.75) is 59.8 Å². The van der Waals surface area contributed by atoms with Gasteiger partial charge in [0, 0.05) is 20.5 Å². The van der Waals surface area contributed by atoms with Gasteiger partial charge in [-0.1, -0.05) is 34.9 Å². The van der Waals surface area contributed by atoms with Crippen molar-refractivity contribution in [2.24, 2.45) is 0 Å². The van der Waals surface area contributed by atoms with Crippen molar-refractivity contribution in [1.82, 2.24) is 4.90 Å². The summed E-state index contributed by atoms with van der Waals surface area (Å²) in [4.78, 5) is 13.1. The lowest BCUT2D eigenvalue weighted by atomic mass is 10.1. The number of carbonyl (C=O) groups is 1. The van der Waals surface area contributed by atoms with Gasteiger partial charge in [-0.2, -0.15) is 0 Å². The van der Waals surface area contributed by atoms with Crippen LogP contribution in [-0.2, 0) is 4.79 Å². The van der Waals surface area contributed by atoms with Gasteiger partial charge < -0.3 is 4.90 Å². The molecule has 2 heteroatoms. The van der Waals surface area contributed by atoms with Crippen LogP contribution in [0.1, 0.15) is 59.8 Å². The first-order valence-electron chi connectivity index (χ1n) is 7.47. The van der Waals surface area contributed by atoms with Crippen LogP contribution in [0, 0.1) is 0 Å². The summed E-state index contributed by atoms with van der Waals surface area (Å²) in [5.41, 5.74) is 4.15. The summed E-state index contributed by atoms with van der Waals surface area (Å²) in [6.45, 7) is 8.59. The standard InChI is InChI=1S/C18H31NO/c1-15(2)9-7-10-16(3)11-8-12-17(4)13-14-18(20)19(5)6/h9,11,13H,7-8,10,12,14H2,1-6H3/b16-11?,17-13+. The summed E-state index contributed by atoms with van der Waals surface area (Å²) in [5.74, 6) is 0.165. The molecule has 0 unspecified atom stereocenters. The van der Waals surface area contributed by atoms with Crippen molar-refractivity contribution in [3.63, 3.8) is 0 Å². The van der Waals surface area contributed by atoms with Crippen LogP contribution in [0.5, 0.6) is 0 Å². The van der Waals surface area contributed by atoms with Crippen LogP contribution in [0.2, 0.25) is 0 Å². The molecule has 0 atom stereocenters. The molecule has 114 valence electrons. The molecule has 0 fully saturated rings. The molecule has 2 nitrogen and oxygen atoms in total. The number of allylic oxidation sites excluding steroid dienone is 5. The summed E-state index contributed by atoms with van der Waals surface area (Å²) in [5, 5.41) is 0. The second-order valence-corrected chi connectivity index (χ2v) is 5.95. The van der Waals surface area contributed by atoms with Gasteiger partial charge in [0.15, 0.2) is 0 Å². The average Bonchev–Trinajstić information content (AvgIpc) is 2.35. The van der Waals surface area contributed by atoms with Gasteiger partial charge in [-0.05, 0) is 53.4 Å². The molecule has 0 rings (SSSR count). The predicted molar refractivity (Wildman–Crippen MR) is 88.7 cm³/mol. The largest absolute Gasteiger partial charge is 0.349 e. The van der Waals surface area contributed by atoms with E-state index in [9.17, 15) is 4.79 Å². The Balaban J connectivity index is 4.00. The highest BCUT2D eigenvalue weighted by molar-refractivity contribution is 5.77. The van der Waals surface area contributed by atoms with Crippen molar-refractivity contribution in [2.75, 3.05) is 14.1 Å². The van der Waals surface area contributed by atoms with Gasteiger partial charge in [-0.25, -0.2) is 0 Å². The Morgan fingerprint density at radius 2 is 1.35 bits per heavy atom. The predicted octanol–water partition coefficient (Wildman–Crippen LogP) is 4.88. The maximum absolute atomic E-state index is 11.5. The van der Waals surface area contributed by atoms with Gasteiger partial charge in [0.2, 0.25) is 5.91 Å². The van der Waals surface area contributed by atoms with E-state index in [1.54, 1.807) is 19.0 Å². The van der Waals surface area contributed by atoms with Gasteiger partial charge in [0.25, 0.3) is 0 Å². The molecule has 0 aromatic carbocycles. The van der Waals surface area contributed by atoms with Crippen LogP contribution in [0.25, 0.3) is 0 Å². The Morgan fingerprint density at radius 1 is 0.850 bits per heavy atom. The monoisotopic (exact) mass is 277 g/mol. The van der Waals surface area contributed by atoms with Gasteiger partial charge in [-0.15, -0.1) is 0 Å². The molecule has 1 amide bonds. The Bertz CT molecular complexity index is 382. The highest BCUT2D eigenvalue weighted by Crippen LogP contribution is 2.11. The van der Waals surface area contributed by atoms with Crippen molar-refractivity contribution < 1.29 is 4.79 Å². The third-order valence-corrected chi connectivity index (χ3v) is 3.25. The Labute approximate surface area is 125 Å². The molecule has 0 N–H and O–H groups in total. The van der Waals surface area contributed by atoms with Crippen LogP contribution in [0.3, 0.4) is 0 Å². The van der Waals surface area contributed by atoms with E-state index in [-0.39, 0.29) is 5.91 Å². The molecule has 0 aliphatic heterocycles. The van der Waals surface area contributed by atoms with Crippen LogP contribution in [0.4, 0.5) is 0 Å². The quantitative estimate of drug-likeness (QED) is 0.579. The summed E-state index contributed by atoms with van der Waals surface area (Å²) >= 11 is 0. The number of hydrogen-bond acceptors (Lipinski definition) is 1. The van der Waals surface area contributed by atoms with E-state index >= 15 is 0 Å². The molecule has 20 heavy (non-hydrogen) atoms. The van der Waals surface area contributed by atoms with Crippen LogP contribution in [-0.4, -0.2) is 24.9 Å². The summed E-state index contributed by atoms with van der Waals surface area (Å²) in [7, 11) is 3.59. The molecule has 0 saturated carbocycles. The van der Waals surface area contributed by atoms with E-state index in [1.165, 1.54) is 16.7 Å². The van der Waals surface area contributed by atoms with Crippen LogP contribution in [0.15, 0.2) is 34.9 Å². The Morgan fingerprint density at radius 3 is 1.85 bits per heavy atom. The number of hydrogen-bond donors (Lipinski definition) is 0. The third kappa shape index (κ3) is 10.6. The van der Waals surface area contributed by atoms with Gasteiger partial charge in [-0.3, -0.25) is 4.79 Å². The molecule has 0 heterocycles. The summed E-state index contributed by atoms with van der Waals surface area (Å²) in [6.07, 6.45) is 11.6. The zero-order valence-corrected chi connectivity index (χ0v) is 14.1. The van der Waals surface area contributed by atoms with E-state index in [0.717, 1.165) is 25.7 Å². The lowest BCUT2D eigenvalue weighted by Gasteiger charge is -2.08. The van der Waals surface area contributed by atoms with Crippen molar-refractivity contribution in [3.05, 3.63) is 34.9 Å². The molecule has 0 radical (unpaired) electrons. The Hall–Kier alpha value is -1.31. The van der Waals surface area contributed by atoms with E-state index in [2.05, 4.69) is 45.9 Å². The molecular formula is C18H31NO. The second-order valence-electron chi connectivity index (χ2n) is 5.95. The molecule has 0 spiro atoms. The summed E-state index contributed by atoms with van der Waals surface area (Å²) < 4.78 is 0. The van der Waals surface area contributed by atoms with Gasteiger partial charge in [0.1, 0.15) is 0 Å². The van der Waals surface area contributed by atoms with E-state index in [1.807, 2.05) is 0 Å². The zero-order valence-electron chi connectivity index (χ0n) is 14.1. The molecule has 0 saturated heterocycles. The lowest BCUT2D eigenvalue weighted by molar-refractivity contribution is -0.127. The minimum absolute atomic E-state index is 0.165. The fraction of sp³-hybridized carbons (Fsp3) is 0.611. The summed E-state index contributed by atoms with van der Waals surface area (Å²) in [6, 6.07) is 0. The first-order valence-corrected chi connectivity index (χ1v) is 7.47. The van der Waals surface area contributed by atoms with Crippen LogP contribution >= 0.6 is 0 Å². The average molecular weight is 277 g/mol. The topological polar surface area (TPSA) is 20.3 Å². The van der Waals surface area contributed by atoms with E-state index in [0.29, 0.717) is 6.42 Å². The molecule has 0 bridgehead atoms. The molecular weight excluding hydrogens is 246 g/mol. The van der Waals surface area contributed by atoms with Crippen molar-refractivity contribution in [3.8, 4) is 0 Å². The SMILES string of the molecule is CC(C)=CCCC(C)=CCC/C(C)=C/CC(=O)N(C)C. The molecule has 0 aliphatic carbocycles. The number of carbonyl (C=O) groups excluding carboxylic acids is 1. The van der Waals surface area contributed by atoms with Crippen molar-refractivity contribution >= 4 is 5.91 Å². The maximum atomic E-state index is 11.5. The highest BCUT2D eigenvalue weighted by atomic mass is 16.2. The van der Waals surface area contributed by atoms with Gasteiger partial charge >= 0.3 is 0 Å². The van der Waals surface area contributed by atoms with Crippen molar-refractivity contribution in [1.29, 1.82) is 0 Å². The minimum Gasteiger partial charge on any atom is -0.349 e. The third-order valence-electron chi connectivity index (χ3n) is 3.25. The van der Waals surface area contributed by atoms with Crippen LogP contribution < -0.4 is 0 Å². The van der Waals surface area contributed by atoms with E-state index in [4.69, 9.17) is 0 Å². The highest BCUT2D eigenvalue weighted by Gasteiger charge is 2.00. The fourth-order valence-corrected chi connectivity index (χ4v) is 1.78. The minimum atomic E-state index is 0.165. The van der Waals surface area contributed by atoms with Gasteiger partial charge in [0.05, 0.1) is 0 Å². The maximum Gasteiger partial charge on any atom is 0.225 e. The molecule has 0 aliphatic rings.